The van der Waals surface area contributed by atoms with Crippen molar-refractivity contribution in [3.8, 4) is 5.75 Å². The number of aliphatic carboxylic acids is 1. The SMILES string of the molecule is C[C@@H]1Oc2ccccc2N(CC(=O)N(C)CCC(=O)O)C1=O. The second kappa shape index (κ2) is 6.46. The number of para-hydroxylation sites is 2. The molecule has 1 atom stereocenters. The molecule has 0 fully saturated rings. The number of carbonyl (C=O) groups is 3. The molecular formula is C15H18N2O5. The smallest absolute Gasteiger partial charge is 0.305 e. The Kier molecular flexibility index (Phi) is 4.65. The molecule has 0 spiro atoms. The third kappa shape index (κ3) is 3.36. The molecule has 118 valence electrons. The van der Waals surface area contributed by atoms with Crippen LogP contribution in [0.15, 0.2) is 24.3 Å². The lowest BCUT2D eigenvalue weighted by Crippen LogP contribution is -2.49. The Morgan fingerprint density at radius 3 is 2.73 bits per heavy atom. The molecule has 7 heteroatoms. The first-order chi connectivity index (χ1) is 10.4. The second-order valence-corrected chi connectivity index (χ2v) is 5.11. The summed E-state index contributed by atoms with van der Waals surface area (Å²) in [6, 6.07) is 7.00. The van der Waals surface area contributed by atoms with Gasteiger partial charge in [0.05, 0.1) is 12.1 Å². The Balaban J connectivity index is 2.12. The van der Waals surface area contributed by atoms with E-state index in [1.54, 1.807) is 31.2 Å². The molecule has 7 nitrogen and oxygen atoms in total. The Bertz CT molecular complexity index is 601. The average Bonchev–Trinajstić information content (AvgIpc) is 2.49. The summed E-state index contributed by atoms with van der Waals surface area (Å²) < 4.78 is 5.50. The van der Waals surface area contributed by atoms with Crippen molar-refractivity contribution in [2.45, 2.75) is 19.4 Å². The number of benzene rings is 1. The first-order valence-electron chi connectivity index (χ1n) is 6.93. The number of carboxylic acids is 1. The van der Waals surface area contributed by atoms with Crippen molar-refractivity contribution < 1.29 is 24.2 Å². The number of rotatable bonds is 5. The van der Waals surface area contributed by atoms with Gasteiger partial charge in [0, 0.05) is 13.6 Å². The van der Waals surface area contributed by atoms with Gasteiger partial charge in [0.1, 0.15) is 12.3 Å². The number of carboxylic acid groups (broad SMARTS) is 1. The van der Waals surface area contributed by atoms with Crippen LogP contribution in [0.25, 0.3) is 0 Å². The number of ether oxygens (including phenoxy) is 1. The Labute approximate surface area is 128 Å². The maximum Gasteiger partial charge on any atom is 0.305 e. The third-order valence-electron chi connectivity index (χ3n) is 3.45. The molecule has 0 bridgehead atoms. The van der Waals surface area contributed by atoms with Crippen LogP contribution >= 0.6 is 0 Å². The number of fused-ring (bicyclic) bond motifs is 1. The molecule has 2 amide bonds. The van der Waals surface area contributed by atoms with Crippen molar-refractivity contribution in [2.24, 2.45) is 0 Å². The normalized spacial score (nSPS) is 16.7. The van der Waals surface area contributed by atoms with E-state index in [0.717, 1.165) is 0 Å². The minimum Gasteiger partial charge on any atom is -0.481 e. The van der Waals surface area contributed by atoms with Crippen molar-refractivity contribution in [3.63, 3.8) is 0 Å². The summed E-state index contributed by atoms with van der Waals surface area (Å²) in [7, 11) is 1.52. The molecular weight excluding hydrogens is 288 g/mol. The number of amides is 2. The van der Waals surface area contributed by atoms with Crippen LogP contribution < -0.4 is 9.64 Å². The zero-order chi connectivity index (χ0) is 16.3. The summed E-state index contributed by atoms with van der Waals surface area (Å²) in [5, 5.41) is 8.65. The lowest BCUT2D eigenvalue weighted by Gasteiger charge is -2.33. The third-order valence-corrected chi connectivity index (χ3v) is 3.45. The van der Waals surface area contributed by atoms with Crippen LogP contribution in [-0.2, 0) is 14.4 Å². The highest BCUT2D eigenvalue weighted by atomic mass is 16.5. The Morgan fingerprint density at radius 1 is 1.36 bits per heavy atom. The predicted molar refractivity (Wildman–Crippen MR) is 78.8 cm³/mol. The van der Waals surface area contributed by atoms with Crippen LogP contribution in [0.2, 0.25) is 0 Å². The van der Waals surface area contributed by atoms with Gasteiger partial charge < -0.3 is 14.7 Å². The quantitative estimate of drug-likeness (QED) is 0.866. The van der Waals surface area contributed by atoms with Gasteiger partial charge in [-0.05, 0) is 19.1 Å². The summed E-state index contributed by atoms with van der Waals surface area (Å²) in [6.07, 6.45) is -0.793. The maximum atomic E-state index is 12.2. The minimum absolute atomic E-state index is 0.101. The Morgan fingerprint density at radius 2 is 2.05 bits per heavy atom. The van der Waals surface area contributed by atoms with E-state index in [-0.39, 0.29) is 31.3 Å². The van der Waals surface area contributed by atoms with Crippen molar-refractivity contribution in [1.29, 1.82) is 0 Å². The van der Waals surface area contributed by atoms with Gasteiger partial charge in [0.15, 0.2) is 6.10 Å². The maximum absolute atomic E-state index is 12.2. The van der Waals surface area contributed by atoms with Crippen LogP contribution in [0.4, 0.5) is 5.69 Å². The van der Waals surface area contributed by atoms with Gasteiger partial charge >= 0.3 is 5.97 Å². The number of carbonyl (C=O) groups excluding carboxylic acids is 2. The lowest BCUT2D eigenvalue weighted by molar-refractivity contribution is -0.138. The van der Waals surface area contributed by atoms with Crippen LogP contribution in [0.5, 0.6) is 5.75 Å². The highest BCUT2D eigenvalue weighted by Gasteiger charge is 2.32. The van der Waals surface area contributed by atoms with E-state index in [4.69, 9.17) is 9.84 Å². The van der Waals surface area contributed by atoms with Crippen molar-refractivity contribution >= 4 is 23.5 Å². The second-order valence-electron chi connectivity index (χ2n) is 5.11. The molecule has 1 N–H and O–H groups in total. The van der Waals surface area contributed by atoms with Crippen molar-refractivity contribution in [3.05, 3.63) is 24.3 Å². The Hall–Kier alpha value is -2.57. The first-order valence-corrected chi connectivity index (χ1v) is 6.93. The van der Waals surface area contributed by atoms with E-state index in [2.05, 4.69) is 0 Å². The van der Waals surface area contributed by atoms with Gasteiger partial charge in [-0.2, -0.15) is 0 Å². The number of nitrogens with zero attached hydrogens (tertiary/aromatic N) is 2. The molecule has 0 aromatic heterocycles. The standard InChI is InChI=1S/C15H18N2O5/c1-10-15(21)17(11-5-3-4-6-12(11)22-10)9-13(18)16(2)8-7-14(19)20/h3-6,10H,7-9H2,1-2H3,(H,19,20)/t10-/m0/s1. The zero-order valence-corrected chi connectivity index (χ0v) is 12.5. The summed E-state index contributed by atoms with van der Waals surface area (Å²) >= 11 is 0. The van der Waals surface area contributed by atoms with Gasteiger partial charge in [0.25, 0.3) is 5.91 Å². The van der Waals surface area contributed by atoms with Crippen LogP contribution in [-0.4, -0.2) is 54.0 Å². The zero-order valence-electron chi connectivity index (χ0n) is 12.5. The molecule has 1 aliphatic heterocycles. The number of hydrogen-bond donors (Lipinski definition) is 1. The highest BCUT2D eigenvalue weighted by molar-refractivity contribution is 6.03. The van der Waals surface area contributed by atoms with Crippen LogP contribution in [0, 0.1) is 0 Å². The predicted octanol–water partition coefficient (Wildman–Crippen LogP) is 0.734. The molecule has 0 unspecified atom stereocenters. The molecule has 0 aliphatic carbocycles. The fourth-order valence-corrected chi connectivity index (χ4v) is 2.17. The van der Waals surface area contributed by atoms with Crippen molar-refractivity contribution in [1.82, 2.24) is 4.90 Å². The van der Waals surface area contributed by atoms with Crippen LogP contribution in [0.1, 0.15) is 13.3 Å². The van der Waals surface area contributed by atoms with Gasteiger partial charge in [-0.15, -0.1) is 0 Å². The molecule has 1 aromatic rings. The fraction of sp³-hybridized carbons (Fsp3) is 0.400. The minimum atomic E-state index is -0.971. The van der Waals surface area contributed by atoms with Gasteiger partial charge in [-0.25, -0.2) is 0 Å². The monoisotopic (exact) mass is 306 g/mol. The lowest BCUT2D eigenvalue weighted by atomic mass is 10.2. The summed E-state index contributed by atoms with van der Waals surface area (Å²) in [4.78, 5) is 37.7. The molecule has 1 aromatic carbocycles. The molecule has 2 rings (SSSR count). The first kappa shape index (κ1) is 15.8. The van der Waals surface area contributed by atoms with Gasteiger partial charge in [-0.3, -0.25) is 19.3 Å². The van der Waals surface area contributed by atoms with E-state index in [1.165, 1.54) is 16.8 Å². The highest BCUT2D eigenvalue weighted by Crippen LogP contribution is 2.33. The molecule has 1 aliphatic rings. The van der Waals surface area contributed by atoms with E-state index in [0.29, 0.717) is 11.4 Å². The van der Waals surface area contributed by atoms with E-state index < -0.39 is 12.1 Å². The summed E-state index contributed by atoms with van der Waals surface area (Å²) in [5.74, 6) is -1.03. The largest absolute Gasteiger partial charge is 0.481 e. The summed E-state index contributed by atoms with van der Waals surface area (Å²) in [5.41, 5.74) is 0.547. The number of anilines is 1. The van der Waals surface area contributed by atoms with Crippen molar-refractivity contribution in [2.75, 3.05) is 25.0 Å². The topological polar surface area (TPSA) is 87.2 Å². The fourth-order valence-electron chi connectivity index (χ4n) is 2.17. The molecule has 0 radical (unpaired) electrons. The van der Waals surface area contributed by atoms with Crippen LogP contribution in [0.3, 0.4) is 0 Å². The van der Waals surface area contributed by atoms with E-state index in [9.17, 15) is 14.4 Å². The average molecular weight is 306 g/mol. The number of hydrogen-bond acceptors (Lipinski definition) is 4. The molecule has 22 heavy (non-hydrogen) atoms. The molecule has 0 saturated carbocycles. The summed E-state index contributed by atoms with van der Waals surface area (Å²) in [6.45, 7) is 1.59. The number of likely N-dealkylation sites (N-methyl/N-ethyl adjacent to an activating group) is 1. The van der Waals surface area contributed by atoms with Gasteiger partial charge in [0.2, 0.25) is 5.91 Å². The molecule has 0 saturated heterocycles. The molecule has 1 heterocycles. The van der Waals surface area contributed by atoms with E-state index >= 15 is 0 Å². The van der Waals surface area contributed by atoms with E-state index in [1.807, 2.05) is 0 Å². The van der Waals surface area contributed by atoms with Gasteiger partial charge in [-0.1, -0.05) is 12.1 Å².